The van der Waals surface area contributed by atoms with Crippen LogP contribution < -0.4 is 0 Å². The fourth-order valence-electron chi connectivity index (χ4n) is 2.99. The molecule has 1 N–H and O–H groups in total. The van der Waals surface area contributed by atoms with Gasteiger partial charge in [-0.25, -0.2) is 4.99 Å². The maximum absolute atomic E-state index is 9.41. The topological polar surface area (TPSA) is 41.8 Å². The quantitative estimate of drug-likeness (QED) is 0.445. The zero-order valence-corrected chi connectivity index (χ0v) is 14.9. The average molecular weight is 312 g/mol. The number of hydrogen-bond donors (Lipinski definition) is 1. The fourth-order valence-corrected chi connectivity index (χ4v) is 2.99. The first-order chi connectivity index (χ1) is 10.8. The summed E-state index contributed by atoms with van der Waals surface area (Å²) in [6, 6.07) is 0. The van der Waals surface area contributed by atoms with Gasteiger partial charge in [-0.05, 0) is 12.8 Å². The van der Waals surface area contributed by atoms with Gasteiger partial charge >= 0.3 is 0 Å². The van der Waals surface area contributed by atoms with Gasteiger partial charge in [0.15, 0.2) is 5.90 Å². The van der Waals surface area contributed by atoms with Gasteiger partial charge in [-0.15, -0.1) is 0 Å². The summed E-state index contributed by atoms with van der Waals surface area (Å²) in [6.07, 6.45) is 16.8. The summed E-state index contributed by atoms with van der Waals surface area (Å²) in [5.41, 5.74) is -0.340. The first kappa shape index (κ1) is 19.5. The molecule has 0 fully saturated rings. The van der Waals surface area contributed by atoms with Crippen LogP contribution in [0, 0.1) is 0 Å². The van der Waals surface area contributed by atoms with Gasteiger partial charge in [-0.1, -0.05) is 78.1 Å². The molecule has 1 atom stereocenters. The van der Waals surface area contributed by atoms with Crippen molar-refractivity contribution in [3.8, 4) is 0 Å². The number of hydrogen-bond acceptors (Lipinski definition) is 3. The monoisotopic (exact) mass is 311 g/mol. The largest absolute Gasteiger partial charge is 0.478 e. The summed E-state index contributed by atoms with van der Waals surface area (Å²) in [4.78, 5) is 4.58. The van der Waals surface area contributed by atoms with Crippen LogP contribution in [0.2, 0.25) is 0 Å². The molecule has 1 aliphatic heterocycles. The smallest absolute Gasteiger partial charge is 0.184 e. The van der Waals surface area contributed by atoms with Gasteiger partial charge < -0.3 is 9.84 Å². The predicted molar refractivity (Wildman–Crippen MR) is 94.6 cm³/mol. The van der Waals surface area contributed by atoms with E-state index in [4.69, 9.17) is 4.74 Å². The van der Waals surface area contributed by atoms with Crippen LogP contribution >= 0.6 is 0 Å². The van der Waals surface area contributed by atoms with Crippen LogP contribution in [-0.4, -0.2) is 29.8 Å². The highest BCUT2D eigenvalue weighted by atomic mass is 16.5. The zero-order valence-electron chi connectivity index (χ0n) is 14.9. The van der Waals surface area contributed by atoms with E-state index in [0.717, 1.165) is 18.7 Å². The Bertz CT molecular complexity index is 298. The van der Waals surface area contributed by atoms with Gasteiger partial charge in [0.2, 0.25) is 0 Å². The van der Waals surface area contributed by atoms with Gasteiger partial charge in [0.25, 0.3) is 0 Å². The maximum Gasteiger partial charge on any atom is 0.184 e. The van der Waals surface area contributed by atoms with Crippen molar-refractivity contribution >= 4 is 5.90 Å². The molecule has 1 rings (SSSR count). The Morgan fingerprint density at radius 3 is 1.91 bits per heavy atom. The van der Waals surface area contributed by atoms with Gasteiger partial charge in [0.1, 0.15) is 12.1 Å². The summed E-state index contributed by atoms with van der Waals surface area (Å²) in [7, 11) is 0. The Kier molecular flexibility index (Phi) is 10.6. The van der Waals surface area contributed by atoms with Gasteiger partial charge in [0, 0.05) is 6.42 Å². The van der Waals surface area contributed by atoms with Crippen LogP contribution in [0.5, 0.6) is 0 Å². The summed E-state index contributed by atoms with van der Waals surface area (Å²) >= 11 is 0. The summed E-state index contributed by atoms with van der Waals surface area (Å²) in [6.45, 7) is 5.00. The second kappa shape index (κ2) is 11.9. The molecule has 0 saturated carbocycles. The van der Waals surface area contributed by atoms with E-state index < -0.39 is 0 Å². The lowest BCUT2D eigenvalue weighted by Gasteiger charge is -2.17. The van der Waals surface area contributed by atoms with E-state index in [1.165, 1.54) is 70.6 Å². The Labute approximate surface area is 137 Å². The van der Waals surface area contributed by atoms with Crippen molar-refractivity contribution in [2.75, 3.05) is 13.2 Å². The highest BCUT2D eigenvalue weighted by Gasteiger charge is 2.33. The molecule has 1 heterocycles. The summed E-state index contributed by atoms with van der Waals surface area (Å²) < 4.78 is 5.63. The van der Waals surface area contributed by atoms with Gasteiger partial charge in [-0.3, -0.25) is 0 Å². The van der Waals surface area contributed by atoms with E-state index in [9.17, 15) is 5.11 Å². The number of unbranched alkanes of at least 4 members (excludes halogenated alkanes) is 10. The molecule has 130 valence electrons. The van der Waals surface area contributed by atoms with Crippen molar-refractivity contribution in [1.82, 2.24) is 0 Å². The van der Waals surface area contributed by atoms with Crippen LogP contribution in [0.1, 0.15) is 97.3 Å². The van der Waals surface area contributed by atoms with Crippen LogP contribution in [0.25, 0.3) is 0 Å². The molecule has 1 unspecified atom stereocenters. The van der Waals surface area contributed by atoms with Crippen LogP contribution in [-0.2, 0) is 4.74 Å². The Balaban J connectivity index is 1.92. The number of aliphatic hydroxyl groups is 1. The van der Waals surface area contributed by atoms with Crippen molar-refractivity contribution in [3.63, 3.8) is 0 Å². The molecule has 3 nitrogen and oxygen atoms in total. The van der Waals surface area contributed by atoms with E-state index >= 15 is 0 Å². The molecule has 22 heavy (non-hydrogen) atoms. The third kappa shape index (κ3) is 7.62. The standard InChI is InChI=1S/C19H37NO2/c1-3-5-6-7-8-9-10-11-12-13-14-15-18-20-19(4-2,16-21)17-22-18/h21H,3-17H2,1-2H3. The average Bonchev–Trinajstić information content (AvgIpc) is 2.97. The minimum Gasteiger partial charge on any atom is -0.478 e. The molecule has 0 aliphatic carbocycles. The third-order valence-corrected chi connectivity index (χ3v) is 4.82. The van der Waals surface area contributed by atoms with Crippen LogP contribution in [0.4, 0.5) is 0 Å². The van der Waals surface area contributed by atoms with Crippen molar-refractivity contribution in [3.05, 3.63) is 0 Å². The second-order valence-corrected chi connectivity index (χ2v) is 6.82. The van der Waals surface area contributed by atoms with E-state index in [2.05, 4.69) is 18.8 Å². The van der Waals surface area contributed by atoms with Gasteiger partial charge in [0.05, 0.1) is 6.61 Å². The number of ether oxygens (including phenoxy) is 1. The molecular formula is C19H37NO2. The number of aliphatic hydroxyl groups excluding tert-OH is 1. The number of nitrogens with zero attached hydrogens (tertiary/aromatic N) is 1. The summed E-state index contributed by atoms with van der Waals surface area (Å²) in [5, 5.41) is 9.41. The van der Waals surface area contributed by atoms with Crippen molar-refractivity contribution < 1.29 is 9.84 Å². The number of rotatable bonds is 14. The fraction of sp³-hybridized carbons (Fsp3) is 0.947. The Morgan fingerprint density at radius 1 is 0.909 bits per heavy atom. The lowest BCUT2D eigenvalue weighted by molar-refractivity contribution is 0.153. The van der Waals surface area contributed by atoms with E-state index in [1.54, 1.807) is 0 Å². The molecular weight excluding hydrogens is 274 g/mol. The molecule has 0 radical (unpaired) electrons. The van der Waals surface area contributed by atoms with E-state index in [-0.39, 0.29) is 12.1 Å². The molecule has 0 aromatic rings. The second-order valence-electron chi connectivity index (χ2n) is 6.82. The Hall–Kier alpha value is -0.570. The first-order valence-electron chi connectivity index (χ1n) is 9.58. The van der Waals surface area contributed by atoms with Crippen molar-refractivity contribution in [2.45, 2.75) is 103 Å². The van der Waals surface area contributed by atoms with Gasteiger partial charge in [-0.2, -0.15) is 0 Å². The molecule has 1 aliphatic rings. The highest BCUT2D eigenvalue weighted by Crippen LogP contribution is 2.24. The zero-order chi connectivity index (χ0) is 16.1. The Morgan fingerprint density at radius 2 is 1.45 bits per heavy atom. The van der Waals surface area contributed by atoms with Crippen LogP contribution in [0.3, 0.4) is 0 Å². The molecule has 0 saturated heterocycles. The SMILES string of the molecule is CCCCCCCCCCCCCC1=NC(CC)(CO)CO1. The minimum absolute atomic E-state index is 0.102. The molecule has 0 aromatic heterocycles. The van der Waals surface area contributed by atoms with E-state index in [1.807, 2.05) is 0 Å². The maximum atomic E-state index is 9.41. The first-order valence-corrected chi connectivity index (χ1v) is 9.58. The minimum atomic E-state index is -0.340. The van der Waals surface area contributed by atoms with E-state index in [0.29, 0.717) is 6.61 Å². The molecule has 0 bridgehead atoms. The normalized spacial score (nSPS) is 21.0. The van der Waals surface area contributed by atoms with Crippen molar-refractivity contribution in [2.24, 2.45) is 4.99 Å². The lowest BCUT2D eigenvalue weighted by Crippen LogP contribution is -2.31. The molecule has 3 heteroatoms. The third-order valence-electron chi connectivity index (χ3n) is 4.82. The highest BCUT2D eigenvalue weighted by molar-refractivity contribution is 5.78. The molecule has 0 amide bonds. The summed E-state index contributed by atoms with van der Waals surface area (Å²) in [5.74, 6) is 0.867. The molecule has 0 aromatic carbocycles. The van der Waals surface area contributed by atoms with Crippen LogP contribution in [0.15, 0.2) is 4.99 Å². The molecule has 0 spiro atoms. The van der Waals surface area contributed by atoms with Crippen molar-refractivity contribution in [1.29, 1.82) is 0 Å². The number of aliphatic imine (C=N–C) groups is 1. The predicted octanol–water partition coefficient (Wildman–Crippen LogP) is 5.26. The lowest BCUT2D eigenvalue weighted by atomic mass is 10.0.